The van der Waals surface area contributed by atoms with E-state index in [0.717, 1.165) is 23.5 Å². The highest BCUT2D eigenvalue weighted by Gasteiger charge is 2.04. The largest absolute Gasteiger partial charge is 0.347 e. The van der Waals surface area contributed by atoms with Crippen LogP contribution in [-0.4, -0.2) is 16.1 Å². The Morgan fingerprint density at radius 2 is 2.11 bits per heavy atom. The molecule has 2 heterocycles. The Labute approximate surface area is 110 Å². The lowest BCUT2D eigenvalue weighted by Gasteiger charge is -1.98. The van der Waals surface area contributed by atoms with Crippen LogP contribution in [0.25, 0.3) is 10.2 Å². The summed E-state index contributed by atoms with van der Waals surface area (Å²) in [6, 6.07) is 10.4. The third kappa shape index (κ3) is 2.30. The molecule has 3 rings (SSSR count). The summed E-state index contributed by atoms with van der Waals surface area (Å²) in [5, 5.41) is 1.14. The van der Waals surface area contributed by atoms with Crippen molar-refractivity contribution in [2.24, 2.45) is 5.73 Å². The van der Waals surface area contributed by atoms with Gasteiger partial charge in [0.1, 0.15) is 5.01 Å². The number of nitrogens with zero attached hydrogens (tertiary/aromatic N) is 2. The van der Waals surface area contributed by atoms with E-state index in [0.29, 0.717) is 6.54 Å². The quantitative estimate of drug-likeness (QED) is 0.781. The highest BCUT2D eigenvalue weighted by molar-refractivity contribution is 7.18. The molecule has 0 saturated heterocycles. The predicted octanol–water partition coefficient (Wildman–Crippen LogP) is 2.65. The molecule has 2 N–H and O–H groups in total. The maximum Gasteiger partial charge on any atom is 0.114 e. The van der Waals surface area contributed by atoms with E-state index in [1.807, 2.05) is 6.07 Å². The minimum atomic E-state index is 0.700. The van der Waals surface area contributed by atoms with Crippen LogP contribution < -0.4 is 5.73 Å². The molecule has 92 valence electrons. The van der Waals surface area contributed by atoms with Crippen LogP contribution in [0.4, 0.5) is 0 Å². The maximum atomic E-state index is 5.55. The van der Waals surface area contributed by atoms with Gasteiger partial charge in [0.05, 0.1) is 16.8 Å². The first-order chi connectivity index (χ1) is 8.85. The lowest BCUT2D eigenvalue weighted by Crippen LogP contribution is -2.02. The summed E-state index contributed by atoms with van der Waals surface area (Å²) < 4.78 is 3.42. The van der Waals surface area contributed by atoms with Crippen LogP contribution in [0.2, 0.25) is 0 Å². The first kappa shape index (κ1) is 11.4. The van der Waals surface area contributed by atoms with E-state index < -0.39 is 0 Å². The number of aromatic nitrogens is 2. The van der Waals surface area contributed by atoms with Crippen LogP contribution in [0.3, 0.4) is 0 Å². The third-order valence-corrected chi connectivity index (χ3v) is 3.92. The number of nitrogens with two attached hydrogens (primary N) is 1. The Balaban J connectivity index is 1.82. The average Bonchev–Trinajstić information content (AvgIpc) is 2.96. The molecule has 0 fully saturated rings. The number of hydrogen-bond acceptors (Lipinski definition) is 3. The molecule has 0 spiro atoms. The van der Waals surface area contributed by atoms with Gasteiger partial charge in [-0.05, 0) is 36.7 Å². The molecule has 3 aromatic rings. The Hall–Kier alpha value is -1.65. The molecule has 0 unspecified atom stereocenters. The monoisotopic (exact) mass is 257 g/mol. The minimum absolute atomic E-state index is 0.700. The number of rotatable bonds is 4. The smallest absolute Gasteiger partial charge is 0.114 e. The first-order valence-corrected chi connectivity index (χ1v) is 6.86. The summed E-state index contributed by atoms with van der Waals surface area (Å²) in [5.74, 6) is 0. The van der Waals surface area contributed by atoms with Crippen molar-refractivity contribution in [1.82, 2.24) is 9.55 Å². The zero-order valence-corrected chi connectivity index (χ0v) is 10.9. The SMILES string of the molecule is NCCc1ccn(Cc2nc3ccccc3s2)c1. The van der Waals surface area contributed by atoms with E-state index >= 15 is 0 Å². The molecule has 2 aromatic heterocycles. The Morgan fingerprint density at radius 1 is 1.22 bits per heavy atom. The van der Waals surface area contributed by atoms with Crippen molar-refractivity contribution in [2.75, 3.05) is 6.54 Å². The van der Waals surface area contributed by atoms with Gasteiger partial charge in [-0.25, -0.2) is 4.98 Å². The number of para-hydroxylation sites is 1. The van der Waals surface area contributed by atoms with Crippen molar-refractivity contribution < 1.29 is 0 Å². The third-order valence-electron chi connectivity index (χ3n) is 2.90. The molecular weight excluding hydrogens is 242 g/mol. The van der Waals surface area contributed by atoms with Crippen LogP contribution >= 0.6 is 11.3 Å². The predicted molar refractivity (Wildman–Crippen MR) is 75.9 cm³/mol. The molecule has 0 atom stereocenters. The van der Waals surface area contributed by atoms with Gasteiger partial charge in [-0.1, -0.05) is 12.1 Å². The molecule has 0 aliphatic heterocycles. The minimum Gasteiger partial charge on any atom is -0.347 e. The average molecular weight is 257 g/mol. The van der Waals surface area contributed by atoms with Gasteiger partial charge < -0.3 is 10.3 Å². The summed E-state index contributed by atoms with van der Waals surface area (Å²) >= 11 is 1.76. The van der Waals surface area contributed by atoms with Gasteiger partial charge in [0.15, 0.2) is 0 Å². The van der Waals surface area contributed by atoms with Gasteiger partial charge in [-0.3, -0.25) is 0 Å². The van der Waals surface area contributed by atoms with Crippen molar-refractivity contribution in [3.8, 4) is 0 Å². The summed E-state index contributed by atoms with van der Waals surface area (Å²) in [6.07, 6.45) is 5.18. The van der Waals surface area contributed by atoms with Crippen LogP contribution in [0.15, 0.2) is 42.7 Å². The fraction of sp³-hybridized carbons (Fsp3) is 0.214. The van der Waals surface area contributed by atoms with E-state index in [2.05, 4.69) is 46.2 Å². The molecule has 0 amide bonds. The lowest BCUT2D eigenvalue weighted by molar-refractivity contribution is 0.795. The summed E-state index contributed by atoms with van der Waals surface area (Å²) in [7, 11) is 0. The molecule has 18 heavy (non-hydrogen) atoms. The molecule has 1 aromatic carbocycles. The van der Waals surface area contributed by atoms with E-state index in [9.17, 15) is 0 Å². The highest BCUT2D eigenvalue weighted by atomic mass is 32.1. The van der Waals surface area contributed by atoms with Crippen molar-refractivity contribution >= 4 is 21.6 Å². The number of fused-ring (bicyclic) bond motifs is 1. The number of benzene rings is 1. The molecular formula is C14H15N3S. The van der Waals surface area contributed by atoms with Crippen molar-refractivity contribution in [3.05, 3.63) is 53.3 Å². The Morgan fingerprint density at radius 3 is 2.94 bits per heavy atom. The molecule has 0 radical (unpaired) electrons. The normalized spacial score (nSPS) is 11.2. The fourth-order valence-electron chi connectivity index (χ4n) is 2.05. The second kappa shape index (κ2) is 4.92. The molecule has 4 heteroatoms. The number of thiazole rings is 1. The van der Waals surface area contributed by atoms with Crippen LogP contribution in [0.5, 0.6) is 0 Å². The zero-order valence-electron chi connectivity index (χ0n) is 10.0. The van der Waals surface area contributed by atoms with Crippen LogP contribution in [0.1, 0.15) is 10.6 Å². The molecule has 3 nitrogen and oxygen atoms in total. The van der Waals surface area contributed by atoms with Gasteiger partial charge >= 0.3 is 0 Å². The second-order valence-corrected chi connectivity index (χ2v) is 5.42. The fourth-order valence-corrected chi connectivity index (χ4v) is 3.02. The Bertz CT molecular complexity index is 621. The second-order valence-electron chi connectivity index (χ2n) is 4.31. The first-order valence-electron chi connectivity index (χ1n) is 6.04. The molecule has 0 aliphatic rings. The topological polar surface area (TPSA) is 43.8 Å². The molecule has 0 aliphatic carbocycles. The maximum absolute atomic E-state index is 5.55. The highest BCUT2D eigenvalue weighted by Crippen LogP contribution is 2.22. The van der Waals surface area contributed by atoms with Gasteiger partial charge in [0.25, 0.3) is 0 Å². The van der Waals surface area contributed by atoms with Gasteiger partial charge in [0, 0.05) is 12.4 Å². The summed E-state index contributed by atoms with van der Waals surface area (Å²) in [4.78, 5) is 4.64. The van der Waals surface area contributed by atoms with E-state index in [-0.39, 0.29) is 0 Å². The van der Waals surface area contributed by atoms with Crippen molar-refractivity contribution in [3.63, 3.8) is 0 Å². The van der Waals surface area contributed by atoms with Crippen LogP contribution in [0, 0.1) is 0 Å². The Kier molecular flexibility index (Phi) is 3.13. The molecule has 0 bridgehead atoms. The lowest BCUT2D eigenvalue weighted by atomic mass is 10.2. The van der Waals surface area contributed by atoms with Gasteiger partial charge in [0.2, 0.25) is 0 Å². The van der Waals surface area contributed by atoms with E-state index in [4.69, 9.17) is 5.73 Å². The van der Waals surface area contributed by atoms with E-state index in [1.54, 1.807) is 11.3 Å². The standard InChI is InChI=1S/C14H15N3S/c15-7-5-11-6-8-17(9-11)10-14-16-12-3-1-2-4-13(12)18-14/h1-4,6,8-9H,5,7,10,15H2. The molecule has 0 saturated carbocycles. The summed E-state index contributed by atoms with van der Waals surface area (Å²) in [5.41, 5.74) is 7.93. The van der Waals surface area contributed by atoms with Gasteiger partial charge in [-0.15, -0.1) is 11.3 Å². The zero-order chi connectivity index (χ0) is 12.4. The summed E-state index contributed by atoms with van der Waals surface area (Å²) in [6.45, 7) is 1.54. The number of hydrogen-bond donors (Lipinski definition) is 1. The van der Waals surface area contributed by atoms with Crippen molar-refractivity contribution in [2.45, 2.75) is 13.0 Å². The van der Waals surface area contributed by atoms with E-state index in [1.165, 1.54) is 10.3 Å². The van der Waals surface area contributed by atoms with Crippen molar-refractivity contribution in [1.29, 1.82) is 0 Å². The van der Waals surface area contributed by atoms with Crippen LogP contribution in [-0.2, 0) is 13.0 Å². The van der Waals surface area contributed by atoms with Gasteiger partial charge in [-0.2, -0.15) is 0 Å².